The molecule has 0 aromatic carbocycles. The Kier molecular flexibility index (Phi) is 3.90. The molecule has 6 nitrogen and oxygen atoms in total. The van der Waals surface area contributed by atoms with E-state index in [2.05, 4.69) is 10.6 Å². The molecule has 1 heterocycles. The molecule has 2 atom stereocenters. The van der Waals surface area contributed by atoms with E-state index in [1.54, 1.807) is 11.8 Å². The van der Waals surface area contributed by atoms with E-state index in [-0.39, 0.29) is 5.91 Å². The minimum atomic E-state index is -0.668. The van der Waals surface area contributed by atoms with E-state index in [0.717, 1.165) is 6.54 Å². The average Bonchev–Trinajstić information content (AvgIpc) is 2.15. The van der Waals surface area contributed by atoms with Crippen molar-refractivity contribution in [1.29, 1.82) is 0 Å². The zero-order valence-corrected chi connectivity index (χ0v) is 9.12. The Morgan fingerprint density at radius 1 is 1.60 bits per heavy atom. The number of hydrogen-bond donors (Lipinski definition) is 3. The number of piperazine rings is 1. The van der Waals surface area contributed by atoms with Crippen LogP contribution in [0.1, 0.15) is 13.8 Å². The summed E-state index contributed by atoms with van der Waals surface area (Å²) in [6.07, 6.45) is 0. The second-order valence-corrected chi connectivity index (χ2v) is 3.87. The van der Waals surface area contributed by atoms with Gasteiger partial charge < -0.3 is 21.3 Å². The number of hydrogen-bond acceptors (Lipinski definition) is 3. The van der Waals surface area contributed by atoms with Crippen LogP contribution in [0.3, 0.4) is 0 Å². The third-order valence-corrected chi connectivity index (χ3v) is 2.41. The van der Waals surface area contributed by atoms with Crippen LogP contribution in [0.15, 0.2) is 0 Å². The summed E-state index contributed by atoms with van der Waals surface area (Å²) in [7, 11) is 0. The topological polar surface area (TPSA) is 87.5 Å². The highest BCUT2D eigenvalue weighted by Gasteiger charge is 2.24. The van der Waals surface area contributed by atoms with Crippen LogP contribution in [-0.4, -0.2) is 48.6 Å². The third-order valence-electron chi connectivity index (χ3n) is 2.41. The number of amides is 3. The lowest BCUT2D eigenvalue weighted by Crippen LogP contribution is -2.56. The summed E-state index contributed by atoms with van der Waals surface area (Å²) >= 11 is 0. The highest BCUT2D eigenvalue weighted by Crippen LogP contribution is 2.01. The molecule has 1 rings (SSSR count). The fraction of sp³-hybridized carbons (Fsp3) is 0.778. The quantitative estimate of drug-likeness (QED) is 0.543. The molecule has 0 spiro atoms. The second-order valence-electron chi connectivity index (χ2n) is 3.87. The largest absolute Gasteiger partial charge is 0.352 e. The van der Waals surface area contributed by atoms with Gasteiger partial charge in [0.15, 0.2) is 0 Å². The average molecular weight is 214 g/mol. The van der Waals surface area contributed by atoms with E-state index >= 15 is 0 Å². The molecule has 3 amide bonds. The van der Waals surface area contributed by atoms with E-state index in [0.29, 0.717) is 19.1 Å². The number of primary amides is 1. The Morgan fingerprint density at radius 3 is 2.80 bits per heavy atom. The third kappa shape index (κ3) is 3.39. The predicted molar refractivity (Wildman–Crippen MR) is 56.2 cm³/mol. The molecular weight excluding hydrogens is 196 g/mol. The zero-order chi connectivity index (χ0) is 11.4. The van der Waals surface area contributed by atoms with Gasteiger partial charge in [0.1, 0.15) is 6.04 Å². The smallest absolute Gasteiger partial charge is 0.312 e. The molecular formula is C9H18N4O2. The molecule has 86 valence electrons. The van der Waals surface area contributed by atoms with Crippen LogP contribution in [-0.2, 0) is 4.79 Å². The van der Waals surface area contributed by atoms with Gasteiger partial charge in [-0.05, 0) is 13.8 Å². The Balaban J connectivity index is 2.47. The molecule has 1 aliphatic rings. The minimum Gasteiger partial charge on any atom is -0.352 e. The highest BCUT2D eigenvalue weighted by atomic mass is 16.2. The van der Waals surface area contributed by atoms with Gasteiger partial charge in [0.2, 0.25) is 5.91 Å². The Hall–Kier alpha value is -1.30. The molecule has 1 unspecified atom stereocenters. The molecule has 0 aromatic heterocycles. The second kappa shape index (κ2) is 4.97. The zero-order valence-electron chi connectivity index (χ0n) is 9.12. The van der Waals surface area contributed by atoms with Gasteiger partial charge in [-0.3, -0.25) is 4.79 Å². The molecule has 0 aliphatic carbocycles. The lowest BCUT2D eigenvalue weighted by atomic mass is 10.2. The number of urea groups is 1. The van der Waals surface area contributed by atoms with Crippen LogP contribution >= 0.6 is 0 Å². The van der Waals surface area contributed by atoms with Gasteiger partial charge in [0.05, 0.1) is 0 Å². The van der Waals surface area contributed by atoms with E-state index in [9.17, 15) is 9.59 Å². The van der Waals surface area contributed by atoms with Crippen molar-refractivity contribution in [1.82, 2.24) is 15.5 Å². The number of nitrogens with one attached hydrogen (secondary N) is 2. The molecule has 0 radical (unpaired) electrons. The van der Waals surface area contributed by atoms with E-state index < -0.39 is 12.1 Å². The summed E-state index contributed by atoms with van der Waals surface area (Å²) < 4.78 is 0. The van der Waals surface area contributed by atoms with Gasteiger partial charge in [0.25, 0.3) is 0 Å². The first-order chi connectivity index (χ1) is 7.00. The molecule has 15 heavy (non-hydrogen) atoms. The molecule has 0 bridgehead atoms. The maximum atomic E-state index is 11.8. The summed E-state index contributed by atoms with van der Waals surface area (Å²) in [5, 5.41) is 5.62. The van der Waals surface area contributed by atoms with Gasteiger partial charge in [0, 0.05) is 25.7 Å². The van der Waals surface area contributed by atoms with Gasteiger partial charge in [-0.25, -0.2) is 4.79 Å². The Labute approximate surface area is 89.2 Å². The van der Waals surface area contributed by atoms with Crippen LogP contribution < -0.4 is 16.4 Å². The number of nitrogens with zero attached hydrogens (tertiary/aromatic N) is 1. The standard InChI is InChI=1S/C9H18N4O2/c1-6-5-13(4-3-11-6)8(14)7(2)12-9(10)15/h6-7,11H,3-5H2,1-2H3,(H3,10,12,15)/t6-,7?/m0/s1. The van der Waals surface area contributed by atoms with Gasteiger partial charge >= 0.3 is 6.03 Å². The van der Waals surface area contributed by atoms with Crippen LogP contribution in [0.25, 0.3) is 0 Å². The van der Waals surface area contributed by atoms with Crippen LogP contribution in [0.4, 0.5) is 4.79 Å². The number of rotatable bonds is 2. The molecule has 0 saturated carbocycles. The van der Waals surface area contributed by atoms with Crippen molar-refractivity contribution in [3.63, 3.8) is 0 Å². The molecule has 1 fully saturated rings. The predicted octanol–water partition coefficient (Wildman–Crippen LogP) is -1.14. The highest BCUT2D eigenvalue weighted by molar-refractivity contribution is 5.86. The summed E-state index contributed by atoms with van der Waals surface area (Å²) in [5.74, 6) is -0.0813. The summed E-state index contributed by atoms with van der Waals surface area (Å²) in [5.41, 5.74) is 4.95. The van der Waals surface area contributed by atoms with Crippen molar-refractivity contribution in [2.45, 2.75) is 25.9 Å². The Bertz CT molecular complexity index is 256. The van der Waals surface area contributed by atoms with E-state index in [4.69, 9.17) is 5.73 Å². The van der Waals surface area contributed by atoms with E-state index in [1.165, 1.54) is 0 Å². The minimum absolute atomic E-state index is 0.0813. The maximum Gasteiger partial charge on any atom is 0.312 e. The Morgan fingerprint density at radius 2 is 2.27 bits per heavy atom. The first kappa shape index (κ1) is 11.8. The van der Waals surface area contributed by atoms with Crippen LogP contribution in [0.2, 0.25) is 0 Å². The normalized spacial score (nSPS) is 23.3. The lowest BCUT2D eigenvalue weighted by molar-refractivity contribution is -0.133. The van der Waals surface area contributed by atoms with Gasteiger partial charge in [-0.15, -0.1) is 0 Å². The van der Waals surface area contributed by atoms with Crippen molar-refractivity contribution in [2.24, 2.45) is 5.73 Å². The summed E-state index contributed by atoms with van der Waals surface area (Å²) in [6.45, 7) is 5.79. The SMILES string of the molecule is CC(NC(N)=O)C(=O)N1CCN[C@@H](C)C1. The van der Waals surface area contributed by atoms with Crippen molar-refractivity contribution < 1.29 is 9.59 Å². The fourth-order valence-corrected chi connectivity index (χ4v) is 1.68. The lowest BCUT2D eigenvalue weighted by Gasteiger charge is -2.33. The van der Waals surface area contributed by atoms with Crippen molar-refractivity contribution in [2.75, 3.05) is 19.6 Å². The first-order valence-corrected chi connectivity index (χ1v) is 5.09. The van der Waals surface area contributed by atoms with Crippen molar-refractivity contribution in [3.8, 4) is 0 Å². The first-order valence-electron chi connectivity index (χ1n) is 5.09. The molecule has 0 aromatic rings. The molecule has 4 N–H and O–H groups in total. The van der Waals surface area contributed by atoms with Gasteiger partial charge in [-0.1, -0.05) is 0 Å². The van der Waals surface area contributed by atoms with Gasteiger partial charge in [-0.2, -0.15) is 0 Å². The molecule has 1 aliphatic heterocycles. The van der Waals surface area contributed by atoms with Crippen LogP contribution in [0.5, 0.6) is 0 Å². The van der Waals surface area contributed by atoms with E-state index in [1.807, 2.05) is 6.92 Å². The number of nitrogens with two attached hydrogens (primary N) is 1. The summed E-state index contributed by atoms with van der Waals surface area (Å²) in [6, 6.07) is -0.921. The monoisotopic (exact) mass is 214 g/mol. The fourth-order valence-electron chi connectivity index (χ4n) is 1.68. The van der Waals surface area contributed by atoms with Crippen molar-refractivity contribution in [3.05, 3.63) is 0 Å². The summed E-state index contributed by atoms with van der Waals surface area (Å²) in [4.78, 5) is 24.1. The number of carbonyl (C=O) groups is 2. The van der Waals surface area contributed by atoms with Crippen molar-refractivity contribution >= 4 is 11.9 Å². The molecule has 1 saturated heterocycles. The van der Waals surface area contributed by atoms with Crippen LogP contribution in [0, 0.1) is 0 Å². The maximum absolute atomic E-state index is 11.8. The molecule has 6 heteroatoms. The number of carbonyl (C=O) groups excluding carboxylic acids is 2.